The lowest BCUT2D eigenvalue weighted by molar-refractivity contribution is 0.100. The van der Waals surface area contributed by atoms with Crippen molar-refractivity contribution in [1.29, 1.82) is 0 Å². The maximum Gasteiger partial charge on any atom is 0.275 e. The number of nitrogens with two attached hydrogens (primary N) is 1. The average Bonchev–Trinajstić information content (AvgIpc) is 2.79. The van der Waals surface area contributed by atoms with Crippen molar-refractivity contribution in [1.82, 2.24) is 14.7 Å². The van der Waals surface area contributed by atoms with Crippen molar-refractivity contribution in [3.63, 3.8) is 0 Å². The van der Waals surface area contributed by atoms with E-state index in [0.29, 0.717) is 12.1 Å². The van der Waals surface area contributed by atoms with Crippen molar-refractivity contribution in [2.75, 3.05) is 13.1 Å². The number of hydrogen-bond acceptors (Lipinski definition) is 3. The van der Waals surface area contributed by atoms with E-state index >= 15 is 0 Å². The Kier molecular flexibility index (Phi) is 3.74. The van der Waals surface area contributed by atoms with Gasteiger partial charge in [0.05, 0.1) is 22.5 Å². The third-order valence-corrected chi connectivity index (χ3v) is 4.26. The van der Waals surface area contributed by atoms with Gasteiger partial charge in [-0.25, -0.2) is 9.07 Å². The molecule has 0 unspecified atom stereocenters. The Morgan fingerprint density at radius 2 is 2.09 bits per heavy atom. The van der Waals surface area contributed by atoms with Crippen LogP contribution in [0.5, 0.6) is 0 Å². The molecule has 0 spiro atoms. The van der Waals surface area contributed by atoms with Crippen LogP contribution in [0.25, 0.3) is 10.9 Å². The number of rotatable bonds is 3. The summed E-state index contributed by atoms with van der Waals surface area (Å²) in [5, 5.41) is 3.47. The Hall–Kier alpha value is -2.15. The first-order chi connectivity index (χ1) is 10.5. The largest absolute Gasteiger partial charge is 0.366 e. The summed E-state index contributed by atoms with van der Waals surface area (Å²) in [7, 11) is 0. The number of aryl methyl sites for hydroxylation is 1. The molecule has 1 aliphatic rings. The van der Waals surface area contributed by atoms with Crippen molar-refractivity contribution < 1.29 is 9.18 Å². The monoisotopic (exact) mass is 306 g/mol. The maximum absolute atomic E-state index is 13.8. The number of piperidine rings is 1. The van der Waals surface area contributed by atoms with Crippen molar-refractivity contribution in [2.45, 2.75) is 32.4 Å². The predicted molar refractivity (Wildman–Crippen MR) is 81.5 cm³/mol. The molecular weight excluding hydrogens is 287 g/mol. The van der Waals surface area contributed by atoms with Crippen LogP contribution in [-0.2, 0) is 6.54 Å². The Bertz CT molecular complexity index is 787. The summed E-state index contributed by atoms with van der Waals surface area (Å²) in [4.78, 5) is 24.4. The predicted octanol–water partition coefficient (Wildman–Crippen LogP) is 0.985. The molecule has 22 heavy (non-hydrogen) atoms. The SMILES string of the molecule is CCn1c2cc(F)cc(C(N)=O)c2c(=O)n1C1CCNCC1. The van der Waals surface area contributed by atoms with E-state index in [1.807, 2.05) is 6.92 Å². The normalized spacial score (nSPS) is 16.3. The van der Waals surface area contributed by atoms with Crippen LogP contribution in [0.3, 0.4) is 0 Å². The van der Waals surface area contributed by atoms with Gasteiger partial charge in [0, 0.05) is 6.54 Å². The highest BCUT2D eigenvalue weighted by molar-refractivity contribution is 6.05. The summed E-state index contributed by atoms with van der Waals surface area (Å²) in [6.45, 7) is 4.08. The number of benzene rings is 1. The molecule has 1 aromatic heterocycles. The van der Waals surface area contributed by atoms with E-state index < -0.39 is 11.7 Å². The number of hydrogen-bond donors (Lipinski definition) is 2. The molecule has 1 fully saturated rings. The lowest BCUT2D eigenvalue weighted by atomic mass is 10.1. The fourth-order valence-corrected chi connectivity index (χ4v) is 3.29. The molecule has 3 N–H and O–H groups in total. The summed E-state index contributed by atoms with van der Waals surface area (Å²) in [5.74, 6) is -1.35. The highest BCUT2D eigenvalue weighted by atomic mass is 19.1. The Morgan fingerprint density at radius 1 is 1.41 bits per heavy atom. The minimum atomic E-state index is -0.785. The number of halogens is 1. The van der Waals surface area contributed by atoms with E-state index in [2.05, 4.69) is 5.32 Å². The van der Waals surface area contributed by atoms with Gasteiger partial charge >= 0.3 is 0 Å². The van der Waals surface area contributed by atoms with Gasteiger partial charge in [-0.3, -0.25) is 14.3 Å². The first kappa shape index (κ1) is 14.8. The molecule has 118 valence electrons. The standard InChI is InChI=1S/C15H19FN4O2/c1-2-19-12-8-9(16)7-11(14(17)21)13(12)15(22)20(19)10-3-5-18-6-4-10/h7-8,10,18H,2-6H2,1H3,(H2,17,21). The molecule has 0 aliphatic carbocycles. The van der Waals surface area contributed by atoms with Gasteiger partial charge in [0.25, 0.3) is 5.56 Å². The van der Waals surface area contributed by atoms with E-state index in [9.17, 15) is 14.0 Å². The van der Waals surface area contributed by atoms with E-state index in [1.165, 1.54) is 6.07 Å². The van der Waals surface area contributed by atoms with Gasteiger partial charge in [0.1, 0.15) is 5.82 Å². The van der Waals surface area contributed by atoms with Crippen LogP contribution in [0.1, 0.15) is 36.2 Å². The average molecular weight is 306 g/mol. The first-order valence-corrected chi connectivity index (χ1v) is 7.49. The summed E-state index contributed by atoms with van der Waals surface area (Å²) < 4.78 is 17.2. The number of amides is 1. The molecule has 3 rings (SSSR count). The second-order valence-electron chi connectivity index (χ2n) is 5.56. The number of nitrogens with one attached hydrogen (secondary N) is 1. The molecular formula is C15H19FN4O2. The third-order valence-electron chi connectivity index (χ3n) is 4.26. The lowest BCUT2D eigenvalue weighted by Gasteiger charge is -2.25. The third kappa shape index (κ3) is 2.21. The maximum atomic E-state index is 13.8. The van der Waals surface area contributed by atoms with Crippen molar-refractivity contribution in [3.05, 3.63) is 33.9 Å². The highest BCUT2D eigenvalue weighted by Crippen LogP contribution is 2.24. The Labute approximate surface area is 126 Å². The van der Waals surface area contributed by atoms with Crippen LogP contribution in [0.2, 0.25) is 0 Å². The second kappa shape index (κ2) is 5.57. The molecule has 1 amide bonds. The molecule has 2 heterocycles. The molecule has 0 atom stereocenters. The van der Waals surface area contributed by atoms with Crippen LogP contribution in [0, 0.1) is 5.82 Å². The quantitative estimate of drug-likeness (QED) is 0.887. The smallest absolute Gasteiger partial charge is 0.275 e. The van der Waals surface area contributed by atoms with Crippen LogP contribution < -0.4 is 16.6 Å². The molecule has 1 saturated heterocycles. The minimum Gasteiger partial charge on any atom is -0.366 e. The Balaban J connectivity index is 2.33. The zero-order chi connectivity index (χ0) is 15.9. The van der Waals surface area contributed by atoms with Gasteiger partial charge in [-0.05, 0) is 45.0 Å². The molecule has 6 nitrogen and oxygen atoms in total. The molecule has 2 aromatic rings. The van der Waals surface area contributed by atoms with Gasteiger partial charge in [-0.2, -0.15) is 0 Å². The van der Waals surface area contributed by atoms with Crippen LogP contribution in [-0.4, -0.2) is 28.4 Å². The van der Waals surface area contributed by atoms with E-state index in [0.717, 1.165) is 32.0 Å². The fourth-order valence-electron chi connectivity index (χ4n) is 3.29. The zero-order valence-electron chi connectivity index (χ0n) is 12.4. The van der Waals surface area contributed by atoms with Gasteiger partial charge < -0.3 is 11.1 Å². The first-order valence-electron chi connectivity index (χ1n) is 7.49. The molecule has 0 saturated carbocycles. The van der Waals surface area contributed by atoms with Crippen LogP contribution >= 0.6 is 0 Å². The summed E-state index contributed by atoms with van der Waals surface area (Å²) >= 11 is 0. The van der Waals surface area contributed by atoms with Gasteiger partial charge in [-0.15, -0.1) is 0 Å². The van der Waals surface area contributed by atoms with Crippen LogP contribution in [0.4, 0.5) is 4.39 Å². The summed E-state index contributed by atoms with van der Waals surface area (Å²) in [6.07, 6.45) is 1.65. The molecule has 7 heteroatoms. The van der Waals surface area contributed by atoms with Gasteiger partial charge in [0.2, 0.25) is 5.91 Å². The van der Waals surface area contributed by atoms with Crippen molar-refractivity contribution in [2.24, 2.45) is 5.73 Å². The number of nitrogens with zero attached hydrogens (tertiary/aromatic N) is 2. The fraction of sp³-hybridized carbons (Fsp3) is 0.467. The van der Waals surface area contributed by atoms with Gasteiger partial charge in [-0.1, -0.05) is 0 Å². The van der Waals surface area contributed by atoms with Crippen molar-refractivity contribution in [3.8, 4) is 0 Å². The Morgan fingerprint density at radius 3 is 2.68 bits per heavy atom. The molecule has 0 radical (unpaired) electrons. The van der Waals surface area contributed by atoms with E-state index in [4.69, 9.17) is 5.73 Å². The second-order valence-corrected chi connectivity index (χ2v) is 5.56. The number of carbonyl (C=O) groups is 1. The number of aromatic nitrogens is 2. The van der Waals surface area contributed by atoms with E-state index in [1.54, 1.807) is 9.36 Å². The molecule has 1 aromatic carbocycles. The topological polar surface area (TPSA) is 82.1 Å². The minimum absolute atomic E-state index is 0.0462. The number of carbonyl (C=O) groups excluding carboxylic acids is 1. The van der Waals surface area contributed by atoms with Crippen LogP contribution in [0.15, 0.2) is 16.9 Å². The lowest BCUT2D eigenvalue weighted by Crippen LogP contribution is -2.36. The number of primary amides is 1. The highest BCUT2D eigenvalue weighted by Gasteiger charge is 2.25. The van der Waals surface area contributed by atoms with Gasteiger partial charge in [0.15, 0.2) is 0 Å². The zero-order valence-corrected chi connectivity index (χ0v) is 12.4. The number of fused-ring (bicyclic) bond motifs is 1. The summed E-state index contributed by atoms with van der Waals surface area (Å²) in [5.41, 5.74) is 5.44. The van der Waals surface area contributed by atoms with Crippen molar-refractivity contribution >= 4 is 16.8 Å². The van der Waals surface area contributed by atoms with E-state index in [-0.39, 0.29) is 22.6 Å². The molecule has 0 bridgehead atoms. The summed E-state index contributed by atoms with van der Waals surface area (Å²) in [6, 6.07) is 2.38. The molecule has 1 aliphatic heterocycles.